The third kappa shape index (κ3) is 9.51. The second-order valence-corrected chi connectivity index (χ2v) is 4.22. The summed E-state index contributed by atoms with van der Waals surface area (Å²) in [7, 11) is 0. The molecule has 0 saturated carbocycles. The van der Waals surface area contributed by atoms with Gasteiger partial charge in [0.05, 0.1) is 6.61 Å². The number of hydrogen-bond donors (Lipinski definition) is 0. The van der Waals surface area contributed by atoms with Gasteiger partial charge in [-0.05, 0) is 38.5 Å². The van der Waals surface area contributed by atoms with Crippen LogP contribution in [-0.4, -0.2) is 12.6 Å². The van der Waals surface area contributed by atoms with Crippen molar-refractivity contribution in [2.24, 2.45) is 5.92 Å². The number of rotatable bonds is 7. The van der Waals surface area contributed by atoms with Crippen LogP contribution in [0.15, 0.2) is 11.6 Å². The minimum absolute atomic E-state index is 0.177. The first-order valence-electron chi connectivity index (χ1n) is 5.85. The Kier molecular flexibility index (Phi) is 8.06. The number of ether oxygens (including phenoxy) is 1. The van der Waals surface area contributed by atoms with Gasteiger partial charge in [-0.25, -0.2) is 0 Å². The molecular formula is C13H24O2. The summed E-state index contributed by atoms with van der Waals surface area (Å²) in [6, 6.07) is 0. The van der Waals surface area contributed by atoms with Gasteiger partial charge in [0.15, 0.2) is 0 Å². The second kappa shape index (κ2) is 8.51. The molecule has 0 N–H and O–H groups in total. The van der Waals surface area contributed by atoms with E-state index < -0.39 is 0 Å². The first-order valence-corrected chi connectivity index (χ1v) is 5.85. The van der Waals surface area contributed by atoms with Crippen molar-refractivity contribution in [1.82, 2.24) is 0 Å². The van der Waals surface area contributed by atoms with Crippen LogP contribution < -0.4 is 0 Å². The maximum atomic E-state index is 10.5. The molecule has 0 aromatic rings. The van der Waals surface area contributed by atoms with E-state index in [1.54, 1.807) is 0 Å². The van der Waals surface area contributed by atoms with Crippen molar-refractivity contribution in [3.05, 3.63) is 11.6 Å². The molecule has 0 rings (SSSR count). The Bertz CT molecular complexity index is 207. The molecule has 2 nitrogen and oxygen atoms in total. The molecule has 1 atom stereocenters. The van der Waals surface area contributed by atoms with Gasteiger partial charge in [0.25, 0.3) is 0 Å². The van der Waals surface area contributed by atoms with Gasteiger partial charge in [-0.2, -0.15) is 0 Å². The van der Waals surface area contributed by atoms with E-state index in [0.717, 1.165) is 19.3 Å². The summed E-state index contributed by atoms with van der Waals surface area (Å²) in [6.45, 7) is 8.57. The van der Waals surface area contributed by atoms with Crippen LogP contribution in [0, 0.1) is 5.92 Å². The van der Waals surface area contributed by atoms with E-state index in [9.17, 15) is 4.79 Å². The van der Waals surface area contributed by atoms with Crippen molar-refractivity contribution in [2.75, 3.05) is 6.61 Å². The summed E-state index contributed by atoms with van der Waals surface area (Å²) >= 11 is 0. The highest BCUT2D eigenvalue weighted by molar-refractivity contribution is 5.65. The van der Waals surface area contributed by atoms with E-state index >= 15 is 0 Å². The number of esters is 1. The molecule has 0 saturated heterocycles. The smallest absolute Gasteiger partial charge is 0.302 e. The normalized spacial score (nSPS) is 13.7. The lowest BCUT2D eigenvalue weighted by Crippen LogP contribution is -2.05. The largest absolute Gasteiger partial charge is 0.466 e. The van der Waals surface area contributed by atoms with E-state index in [-0.39, 0.29) is 5.97 Å². The first kappa shape index (κ1) is 14.2. The molecule has 15 heavy (non-hydrogen) atoms. The van der Waals surface area contributed by atoms with Gasteiger partial charge in [0.2, 0.25) is 0 Å². The summed E-state index contributed by atoms with van der Waals surface area (Å²) in [6.07, 6.45) is 6.74. The summed E-state index contributed by atoms with van der Waals surface area (Å²) in [5, 5.41) is 0. The van der Waals surface area contributed by atoms with Crippen LogP contribution in [0.5, 0.6) is 0 Å². The van der Waals surface area contributed by atoms with Crippen molar-refractivity contribution in [1.29, 1.82) is 0 Å². The molecule has 88 valence electrons. The predicted octanol–water partition coefficient (Wildman–Crippen LogP) is 3.71. The van der Waals surface area contributed by atoms with Gasteiger partial charge in [-0.15, -0.1) is 0 Å². The zero-order valence-corrected chi connectivity index (χ0v) is 10.5. The average molecular weight is 212 g/mol. The maximum absolute atomic E-state index is 10.5. The molecule has 0 amide bonds. The molecule has 0 bridgehead atoms. The molecule has 0 aromatic carbocycles. The molecule has 0 fully saturated rings. The molecule has 0 aliphatic heterocycles. The summed E-state index contributed by atoms with van der Waals surface area (Å²) in [4.78, 5) is 10.5. The highest BCUT2D eigenvalue weighted by Gasteiger charge is 2.02. The van der Waals surface area contributed by atoms with Crippen molar-refractivity contribution >= 4 is 5.97 Å². The van der Waals surface area contributed by atoms with Crippen LogP contribution in [0.25, 0.3) is 0 Å². The number of carbonyl (C=O) groups is 1. The zero-order valence-electron chi connectivity index (χ0n) is 10.5. The zero-order chi connectivity index (χ0) is 11.7. The standard InChI is InChI=1S/C13H24O2/c1-5-11(2)7-6-8-12(3)9-10-15-13(4)14/h7,12H,5-6,8-10H2,1-4H3/b11-7+. The van der Waals surface area contributed by atoms with Gasteiger partial charge in [-0.1, -0.05) is 25.5 Å². The molecule has 0 aromatic heterocycles. The lowest BCUT2D eigenvalue weighted by Gasteiger charge is -2.09. The fourth-order valence-electron chi connectivity index (χ4n) is 1.31. The lowest BCUT2D eigenvalue weighted by atomic mass is 10.0. The molecule has 0 radical (unpaired) electrons. The van der Waals surface area contributed by atoms with Crippen LogP contribution in [0.1, 0.15) is 53.4 Å². The van der Waals surface area contributed by atoms with E-state index in [2.05, 4.69) is 26.8 Å². The highest BCUT2D eigenvalue weighted by atomic mass is 16.5. The molecule has 1 unspecified atom stereocenters. The van der Waals surface area contributed by atoms with Crippen molar-refractivity contribution in [3.8, 4) is 0 Å². The second-order valence-electron chi connectivity index (χ2n) is 4.22. The predicted molar refractivity (Wildman–Crippen MR) is 63.7 cm³/mol. The van der Waals surface area contributed by atoms with E-state index in [4.69, 9.17) is 4.74 Å². The van der Waals surface area contributed by atoms with Gasteiger partial charge < -0.3 is 4.74 Å². The highest BCUT2D eigenvalue weighted by Crippen LogP contribution is 2.12. The van der Waals surface area contributed by atoms with Crippen molar-refractivity contribution in [2.45, 2.75) is 53.4 Å². The Hall–Kier alpha value is -0.790. The van der Waals surface area contributed by atoms with Crippen LogP contribution in [0.3, 0.4) is 0 Å². The Morgan fingerprint density at radius 1 is 1.33 bits per heavy atom. The SMILES string of the molecule is CC/C(C)=C/CCC(C)CCOC(C)=O. The maximum Gasteiger partial charge on any atom is 0.302 e. The van der Waals surface area contributed by atoms with Crippen molar-refractivity contribution < 1.29 is 9.53 Å². The molecule has 0 aliphatic rings. The van der Waals surface area contributed by atoms with E-state index in [0.29, 0.717) is 12.5 Å². The minimum Gasteiger partial charge on any atom is -0.466 e. The quantitative estimate of drug-likeness (QED) is 0.475. The van der Waals surface area contributed by atoms with Gasteiger partial charge in [-0.3, -0.25) is 4.79 Å². The number of carbonyl (C=O) groups excluding carboxylic acids is 1. The fraction of sp³-hybridized carbons (Fsp3) is 0.769. The third-order valence-corrected chi connectivity index (χ3v) is 2.63. The molecule has 0 spiro atoms. The molecular weight excluding hydrogens is 188 g/mol. The van der Waals surface area contributed by atoms with Crippen LogP contribution in [0.4, 0.5) is 0 Å². The summed E-state index contributed by atoms with van der Waals surface area (Å²) in [5.74, 6) is 0.453. The Labute approximate surface area is 93.7 Å². The topological polar surface area (TPSA) is 26.3 Å². The van der Waals surface area contributed by atoms with Crippen LogP contribution in [0.2, 0.25) is 0 Å². The third-order valence-electron chi connectivity index (χ3n) is 2.63. The Morgan fingerprint density at radius 3 is 2.53 bits per heavy atom. The summed E-state index contributed by atoms with van der Waals surface area (Å²) < 4.78 is 4.91. The minimum atomic E-state index is -0.177. The van der Waals surface area contributed by atoms with Gasteiger partial charge >= 0.3 is 5.97 Å². The van der Waals surface area contributed by atoms with E-state index in [1.807, 2.05) is 0 Å². The van der Waals surface area contributed by atoms with E-state index in [1.165, 1.54) is 18.9 Å². The number of allylic oxidation sites excluding steroid dienone is 2. The fourth-order valence-corrected chi connectivity index (χ4v) is 1.31. The Balaban J connectivity index is 3.49. The Morgan fingerprint density at radius 2 is 2.00 bits per heavy atom. The molecule has 0 aliphatic carbocycles. The first-order chi connectivity index (χ1) is 7.06. The molecule has 0 heterocycles. The lowest BCUT2D eigenvalue weighted by molar-refractivity contribution is -0.141. The molecule has 2 heteroatoms. The van der Waals surface area contributed by atoms with Crippen molar-refractivity contribution in [3.63, 3.8) is 0 Å². The van der Waals surface area contributed by atoms with Gasteiger partial charge in [0.1, 0.15) is 0 Å². The monoisotopic (exact) mass is 212 g/mol. The number of hydrogen-bond acceptors (Lipinski definition) is 2. The average Bonchev–Trinajstić information content (AvgIpc) is 2.17. The van der Waals surface area contributed by atoms with Crippen LogP contribution >= 0.6 is 0 Å². The summed E-state index contributed by atoms with van der Waals surface area (Å²) in [5.41, 5.74) is 1.46. The van der Waals surface area contributed by atoms with Gasteiger partial charge in [0, 0.05) is 6.92 Å². The van der Waals surface area contributed by atoms with Crippen LogP contribution in [-0.2, 0) is 9.53 Å².